The number of methoxy groups -OCH3 is 1. The standard InChI is InChI=1S/C24H24N6O4/c1-15(31)30-12-11-16-7-3-4-8-17(16)19(30)13-22(32)34-14-21-27-23(25)29-24(28-21)26-18-9-5-6-10-20(18)33-2/h3-12,19H,13-14H2,1-2H3,(H3,25,26,27,28,29)/t19-/m0/s1. The number of nitrogens with two attached hydrogens (primary N) is 1. The summed E-state index contributed by atoms with van der Waals surface area (Å²) in [5.74, 6) is 0.294. The summed E-state index contributed by atoms with van der Waals surface area (Å²) in [6.07, 6.45) is 3.52. The van der Waals surface area contributed by atoms with Crippen LogP contribution >= 0.6 is 0 Å². The van der Waals surface area contributed by atoms with Crippen LogP contribution in [0.2, 0.25) is 0 Å². The molecule has 34 heavy (non-hydrogen) atoms. The van der Waals surface area contributed by atoms with Crippen LogP contribution in [0.4, 0.5) is 17.6 Å². The van der Waals surface area contributed by atoms with Gasteiger partial charge in [-0.25, -0.2) is 0 Å². The monoisotopic (exact) mass is 460 g/mol. The van der Waals surface area contributed by atoms with Gasteiger partial charge in [0.25, 0.3) is 0 Å². The summed E-state index contributed by atoms with van der Waals surface area (Å²) in [5.41, 5.74) is 8.30. The number of carbonyl (C=O) groups excluding carboxylic acids is 2. The highest BCUT2D eigenvalue weighted by atomic mass is 16.5. The number of carbonyl (C=O) groups is 2. The van der Waals surface area contributed by atoms with Gasteiger partial charge in [-0.1, -0.05) is 36.4 Å². The second-order valence-electron chi connectivity index (χ2n) is 7.51. The van der Waals surface area contributed by atoms with Crippen molar-refractivity contribution in [1.29, 1.82) is 0 Å². The average molecular weight is 460 g/mol. The number of nitrogens with zero attached hydrogens (tertiary/aromatic N) is 4. The van der Waals surface area contributed by atoms with E-state index in [0.29, 0.717) is 11.4 Å². The van der Waals surface area contributed by atoms with Crippen LogP contribution in [-0.4, -0.2) is 38.8 Å². The Hall–Kier alpha value is -4.47. The van der Waals surface area contributed by atoms with Crippen LogP contribution in [-0.2, 0) is 20.9 Å². The average Bonchev–Trinajstić information content (AvgIpc) is 2.83. The topological polar surface area (TPSA) is 133 Å². The molecule has 0 saturated carbocycles. The fourth-order valence-electron chi connectivity index (χ4n) is 3.70. The summed E-state index contributed by atoms with van der Waals surface area (Å²) in [6.45, 7) is 1.26. The van der Waals surface area contributed by atoms with Crippen molar-refractivity contribution < 1.29 is 19.1 Å². The van der Waals surface area contributed by atoms with Crippen molar-refractivity contribution >= 4 is 35.5 Å². The fraction of sp³-hybridized carbons (Fsp3) is 0.208. The van der Waals surface area contributed by atoms with E-state index in [0.717, 1.165) is 11.1 Å². The number of benzene rings is 2. The molecule has 174 valence electrons. The minimum absolute atomic E-state index is 0.0200. The number of nitrogens with one attached hydrogen (secondary N) is 1. The van der Waals surface area contributed by atoms with Crippen LogP contribution in [0, 0.1) is 0 Å². The van der Waals surface area contributed by atoms with Crippen molar-refractivity contribution in [3.8, 4) is 5.75 Å². The Labute approximate surface area is 196 Å². The lowest BCUT2D eigenvalue weighted by Crippen LogP contribution is -2.32. The molecular weight excluding hydrogens is 436 g/mol. The Bertz CT molecular complexity index is 1250. The predicted octanol–water partition coefficient (Wildman–Crippen LogP) is 3.21. The zero-order chi connectivity index (χ0) is 24.1. The predicted molar refractivity (Wildman–Crippen MR) is 126 cm³/mol. The smallest absolute Gasteiger partial charge is 0.308 e. The molecule has 1 aliphatic heterocycles. The van der Waals surface area contributed by atoms with Crippen LogP contribution < -0.4 is 15.8 Å². The number of nitrogen functional groups attached to an aromatic ring is 1. The third kappa shape index (κ3) is 5.12. The number of esters is 1. The van der Waals surface area contributed by atoms with Crippen molar-refractivity contribution in [3.05, 3.63) is 71.7 Å². The number of aromatic nitrogens is 3. The molecule has 10 heteroatoms. The van der Waals surface area contributed by atoms with Gasteiger partial charge in [0.15, 0.2) is 12.4 Å². The number of rotatable bonds is 7. The first-order chi connectivity index (χ1) is 16.4. The van der Waals surface area contributed by atoms with Crippen molar-refractivity contribution in [1.82, 2.24) is 19.9 Å². The van der Waals surface area contributed by atoms with Gasteiger partial charge in [0.2, 0.25) is 17.8 Å². The molecule has 0 spiro atoms. The van der Waals surface area contributed by atoms with E-state index in [1.807, 2.05) is 42.5 Å². The zero-order valence-corrected chi connectivity index (χ0v) is 18.8. The number of hydrogen-bond acceptors (Lipinski definition) is 9. The second-order valence-corrected chi connectivity index (χ2v) is 7.51. The molecule has 2 aromatic carbocycles. The number of hydrogen-bond donors (Lipinski definition) is 2. The highest BCUT2D eigenvalue weighted by Gasteiger charge is 2.28. The molecule has 0 saturated heterocycles. The molecule has 3 aromatic rings. The van der Waals surface area contributed by atoms with Crippen LogP contribution in [0.15, 0.2) is 54.7 Å². The fourth-order valence-corrected chi connectivity index (χ4v) is 3.70. The van der Waals surface area contributed by atoms with E-state index < -0.39 is 12.0 Å². The lowest BCUT2D eigenvalue weighted by Gasteiger charge is -2.32. The molecule has 1 atom stereocenters. The molecule has 3 N–H and O–H groups in total. The van der Waals surface area contributed by atoms with E-state index in [-0.39, 0.29) is 36.7 Å². The molecule has 0 fully saturated rings. The van der Waals surface area contributed by atoms with Crippen LogP contribution in [0.25, 0.3) is 6.08 Å². The van der Waals surface area contributed by atoms with Gasteiger partial charge in [-0.2, -0.15) is 15.0 Å². The summed E-state index contributed by atoms with van der Waals surface area (Å²) in [4.78, 5) is 38.7. The van der Waals surface area contributed by atoms with Gasteiger partial charge in [-0.05, 0) is 29.3 Å². The third-order valence-corrected chi connectivity index (χ3v) is 5.24. The van der Waals surface area contributed by atoms with E-state index in [4.69, 9.17) is 15.2 Å². The van der Waals surface area contributed by atoms with E-state index in [1.165, 1.54) is 11.8 Å². The van der Waals surface area contributed by atoms with Crippen LogP contribution in [0.1, 0.15) is 36.3 Å². The van der Waals surface area contributed by atoms with Gasteiger partial charge < -0.3 is 25.4 Å². The highest BCUT2D eigenvalue weighted by molar-refractivity contribution is 5.80. The Balaban J connectivity index is 1.45. The van der Waals surface area contributed by atoms with E-state index in [1.54, 1.807) is 25.4 Å². The van der Waals surface area contributed by atoms with Crippen molar-refractivity contribution in [2.24, 2.45) is 0 Å². The maximum atomic E-state index is 12.7. The number of amides is 1. The molecule has 0 bridgehead atoms. The van der Waals surface area contributed by atoms with E-state index in [2.05, 4.69) is 20.3 Å². The first-order valence-electron chi connectivity index (χ1n) is 10.6. The van der Waals surface area contributed by atoms with Crippen molar-refractivity contribution in [3.63, 3.8) is 0 Å². The van der Waals surface area contributed by atoms with Gasteiger partial charge in [0.1, 0.15) is 5.75 Å². The normalized spacial score (nSPS) is 14.3. The summed E-state index contributed by atoms with van der Waals surface area (Å²) in [5, 5.41) is 3.03. The lowest BCUT2D eigenvalue weighted by atomic mass is 9.94. The largest absolute Gasteiger partial charge is 0.495 e. The Morgan fingerprint density at radius 1 is 1.09 bits per heavy atom. The first-order valence-corrected chi connectivity index (χ1v) is 10.6. The summed E-state index contributed by atoms with van der Waals surface area (Å²) >= 11 is 0. The molecule has 1 aromatic heterocycles. The Morgan fingerprint density at radius 2 is 1.85 bits per heavy atom. The molecular formula is C24H24N6O4. The molecule has 0 unspecified atom stereocenters. The molecule has 1 amide bonds. The summed E-state index contributed by atoms with van der Waals surface area (Å²) in [7, 11) is 1.56. The van der Waals surface area contributed by atoms with Gasteiger partial charge >= 0.3 is 5.97 Å². The zero-order valence-electron chi connectivity index (χ0n) is 18.8. The van der Waals surface area contributed by atoms with Gasteiger partial charge in [0.05, 0.1) is 25.3 Å². The Morgan fingerprint density at radius 3 is 2.65 bits per heavy atom. The third-order valence-electron chi connectivity index (χ3n) is 5.24. The molecule has 2 heterocycles. The molecule has 10 nitrogen and oxygen atoms in total. The van der Waals surface area contributed by atoms with Crippen molar-refractivity contribution in [2.75, 3.05) is 18.2 Å². The van der Waals surface area contributed by atoms with Crippen molar-refractivity contribution in [2.45, 2.75) is 26.0 Å². The maximum absolute atomic E-state index is 12.7. The highest BCUT2D eigenvalue weighted by Crippen LogP contribution is 2.33. The van der Waals surface area contributed by atoms with E-state index >= 15 is 0 Å². The Kier molecular flexibility index (Phi) is 6.67. The quantitative estimate of drug-likeness (QED) is 0.510. The number of fused-ring (bicyclic) bond motifs is 1. The first kappa shape index (κ1) is 22.7. The minimum atomic E-state index is -0.500. The number of ether oxygens (including phenoxy) is 2. The molecule has 0 aliphatic carbocycles. The number of para-hydroxylation sites is 2. The van der Waals surface area contributed by atoms with Crippen LogP contribution in [0.3, 0.4) is 0 Å². The van der Waals surface area contributed by atoms with Gasteiger partial charge in [0, 0.05) is 13.1 Å². The lowest BCUT2D eigenvalue weighted by molar-refractivity contribution is -0.147. The summed E-state index contributed by atoms with van der Waals surface area (Å²) in [6, 6.07) is 14.4. The van der Waals surface area contributed by atoms with E-state index in [9.17, 15) is 9.59 Å². The molecule has 1 aliphatic rings. The number of anilines is 3. The maximum Gasteiger partial charge on any atom is 0.308 e. The van der Waals surface area contributed by atoms with Gasteiger partial charge in [-0.3, -0.25) is 9.59 Å². The SMILES string of the molecule is COc1ccccc1Nc1nc(N)nc(COC(=O)C[C@H]2c3ccccc3C=CN2C(C)=O)n1. The van der Waals surface area contributed by atoms with Gasteiger partial charge in [-0.15, -0.1) is 0 Å². The minimum Gasteiger partial charge on any atom is -0.495 e. The van der Waals surface area contributed by atoms with Crippen LogP contribution in [0.5, 0.6) is 5.75 Å². The molecule has 0 radical (unpaired) electrons. The second kappa shape index (κ2) is 9.99. The summed E-state index contributed by atoms with van der Waals surface area (Å²) < 4.78 is 10.7. The molecule has 4 rings (SSSR count).